The van der Waals surface area contributed by atoms with Crippen LogP contribution in [0.2, 0.25) is 5.02 Å². The molecule has 2 aromatic carbocycles. The Kier molecular flexibility index (Phi) is 6.46. The molecule has 0 aliphatic carbocycles. The number of H-pyrrole nitrogens is 1. The topological polar surface area (TPSA) is 61.5 Å². The van der Waals surface area contributed by atoms with E-state index in [9.17, 15) is 4.79 Å². The highest BCUT2D eigenvalue weighted by Gasteiger charge is 2.18. The van der Waals surface area contributed by atoms with Gasteiger partial charge in [0.15, 0.2) is 0 Å². The third kappa shape index (κ3) is 5.13. The lowest BCUT2D eigenvalue weighted by molar-refractivity contribution is 0.237. The third-order valence-electron chi connectivity index (χ3n) is 6.21. The van der Waals surface area contributed by atoms with Crippen molar-refractivity contribution in [1.82, 2.24) is 14.9 Å². The lowest BCUT2D eigenvalue weighted by Crippen LogP contribution is -2.46. The number of fused-ring (bicyclic) bond motifs is 2. The fourth-order valence-electron chi connectivity index (χ4n) is 4.42. The predicted molar refractivity (Wildman–Crippen MR) is 135 cm³/mol. The normalized spacial score (nSPS) is 14.8. The number of pyridine rings is 2. The first-order valence-electron chi connectivity index (χ1n) is 11.4. The van der Waals surface area contributed by atoms with Gasteiger partial charge in [-0.1, -0.05) is 29.8 Å². The zero-order valence-corrected chi connectivity index (χ0v) is 19.2. The molecule has 1 aliphatic heterocycles. The lowest BCUT2D eigenvalue weighted by Gasteiger charge is -2.36. The quantitative estimate of drug-likeness (QED) is 0.403. The van der Waals surface area contributed by atoms with E-state index < -0.39 is 0 Å². The first kappa shape index (κ1) is 21.7. The van der Waals surface area contributed by atoms with Crippen molar-refractivity contribution >= 4 is 39.1 Å². The average Bonchev–Trinajstić information content (AvgIpc) is 2.83. The second kappa shape index (κ2) is 9.81. The maximum atomic E-state index is 11.5. The molecule has 0 bridgehead atoms. The summed E-state index contributed by atoms with van der Waals surface area (Å²) in [7, 11) is 0. The zero-order valence-electron chi connectivity index (χ0n) is 18.5. The maximum Gasteiger partial charge on any atom is 0.249 e. The number of hydrogen-bond donors (Lipinski definition) is 1. The number of anilines is 1. The Balaban J connectivity index is 1.07. The van der Waals surface area contributed by atoms with Crippen molar-refractivity contribution in [2.75, 3.05) is 44.2 Å². The predicted octanol–water partition coefficient (Wildman–Crippen LogP) is 4.71. The number of hydrogen-bond acceptors (Lipinski definition) is 5. The molecule has 1 fully saturated rings. The van der Waals surface area contributed by atoms with E-state index in [1.807, 2.05) is 18.2 Å². The number of piperazine rings is 1. The van der Waals surface area contributed by atoms with E-state index in [1.165, 1.54) is 22.5 Å². The highest BCUT2D eigenvalue weighted by atomic mass is 35.5. The van der Waals surface area contributed by atoms with Gasteiger partial charge in [-0.25, -0.2) is 0 Å². The van der Waals surface area contributed by atoms with Gasteiger partial charge in [0.1, 0.15) is 5.65 Å². The number of benzene rings is 2. The van der Waals surface area contributed by atoms with Gasteiger partial charge in [0.2, 0.25) is 11.4 Å². The number of rotatable bonds is 7. The molecule has 0 amide bonds. The SMILES string of the molecule is O=c1ccc2ccc(OCCCCN3CCN(c4cccc5ccc(Cl)cc45)CC3)nc2[nH]1. The van der Waals surface area contributed by atoms with E-state index in [0.29, 0.717) is 18.1 Å². The minimum Gasteiger partial charge on any atom is -0.478 e. The molecule has 1 aliphatic rings. The van der Waals surface area contributed by atoms with Crippen molar-refractivity contribution in [3.8, 4) is 5.88 Å². The molecule has 6 nitrogen and oxygen atoms in total. The van der Waals surface area contributed by atoms with Crippen LogP contribution in [0.3, 0.4) is 0 Å². The molecule has 0 radical (unpaired) electrons. The summed E-state index contributed by atoms with van der Waals surface area (Å²) in [5.74, 6) is 0.549. The molecule has 2 aromatic heterocycles. The Bertz CT molecular complexity index is 1310. The Morgan fingerprint density at radius 2 is 1.76 bits per heavy atom. The molecule has 7 heteroatoms. The summed E-state index contributed by atoms with van der Waals surface area (Å²) in [4.78, 5) is 23.6. The average molecular weight is 463 g/mol. The van der Waals surface area contributed by atoms with E-state index in [4.69, 9.17) is 16.3 Å². The van der Waals surface area contributed by atoms with Gasteiger partial charge in [0.25, 0.3) is 0 Å². The minimum absolute atomic E-state index is 0.156. The van der Waals surface area contributed by atoms with Crippen molar-refractivity contribution in [3.63, 3.8) is 0 Å². The second-order valence-electron chi connectivity index (χ2n) is 8.44. The lowest BCUT2D eigenvalue weighted by atomic mass is 10.1. The molecule has 0 unspecified atom stereocenters. The van der Waals surface area contributed by atoms with Crippen molar-refractivity contribution < 1.29 is 4.74 Å². The Morgan fingerprint density at radius 1 is 0.939 bits per heavy atom. The first-order valence-corrected chi connectivity index (χ1v) is 11.8. The molecule has 170 valence electrons. The number of aromatic nitrogens is 2. The van der Waals surface area contributed by atoms with Crippen molar-refractivity contribution in [2.45, 2.75) is 12.8 Å². The smallest absolute Gasteiger partial charge is 0.249 e. The molecule has 0 spiro atoms. The van der Waals surface area contributed by atoms with Crippen LogP contribution >= 0.6 is 11.6 Å². The van der Waals surface area contributed by atoms with Gasteiger partial charge < -0.3 is 14.6 Å². The summed E-state index contributed by atoms with van der Waals surface area (Å²) in [6.07, 6.45) is 2.04. The van der Waals surface area contributed by atoms with Gasteiger partial charge >= 0.3 is 0 Å². The van der Waals surface area contributed by atoms with Gasteiger partial charge in [-0.2, -0.15) is 4.98 Å². The first-order chi connectivity index (χ1) is 16.2. The van der Waals surface area contributed by atoms with E-state index in [0.717, 1.165) is 56.0 Å². The van der Waals surface area contributed by atoms with Gasteiger partial charge in [0, 0.05) is 59.8 Å². The van der Waals surface area contributed by atoms with Crippen LogP contribution in [-0.2, 0) is 0 Å². The summed E-state index contributed by atoms with van der Waals surface area (Å²) in [5, 5.41) is 4.13. The summed E-state index contributed by atoms with van der Waals surface area (Å²) in [5.41, 5.74) is 1.68. The van der Waals surface area contributed by atoms with E-state index in [2.05, 4.69) is 50.1 Å². The van der Waals surface area contributed by atoms with E-state index in [-0.39, 0.29) is 5.56 Å². The second-order valence-corrected chi connectivity index (χ2v) is 8.87. The van der Waals surface area contributed by atoms with Gasteiger partial charge in [0.05, 0.1) is 6.61 Å². The summed E-state index contributed by atoms with van der Waals surface area (Å²) < 4.78 is 5.80. The van der Waals surface area contributed by atoms with Crippen molar-refractivity contribution in [1.29, 1.82) is 0 Å². The summed E-state index contributed by atoms with van der Waals surface area (Å²) >= 11 is 6.25. The molecule has 0 saturated carbocycles. The molecule has 0 atom stereocenters. The van der Waals surface area contributed by atoms with E-state index >= 15 is 0 Å². The number of nitrogens with one attached hydrogen (secondary N) is 1. The van der Waals surface area contributed by atoms with Crippen molar-refractivity contribution in [2.24, 2.45) is 0 Å². The Morgan fingerprint density at radius 3 is 2.64 bits per heavy atom. The van der Waals surface area contributed by atoms with Crippen LogP contribution in [0.1, 0.15) is 12.8 Å². The number of unbranched alkanes of at least 4 members (excludes halogenated alkanes) is 1. The largest absolute Gasteiger partial charge is 0.478 e. The van der Waals surface area contributed by atoms with E-state index in [1.54, 1.807) is 6.07 Å². The highest BCUT2D eigenvalue weighted by molar-refractivity contribution is 6.31. The fraction of sp³-hybridized carbons (Fsp3) is 0.308. The minimum atomic E-state index is -0.156. The summed E-state index contributed by atoms with van der Waals surface area (Å²) in [6.45, 7) is 5.82. The molecular formula is C26H27ClN4O2. The third-order valence-corrected chi connectivity index (χ3v) is 6.44. The van der Waals surface area contributed by atoms with Crippen LogP contribution in [0.5, 0.6) is 5.88 Å². The monoisotopic (exact) mass is 462 g/mol. The molecule has 4 aromatic rings. The van der Waals surface area contributed by atoms with Crippen LogP contribution < -0.4 is 15.2 Å². The van der Waals surface area contributed by atoms with Crippen LogP contribution in [0.15, 0.2) is 65.5 Å². The van der Waals surface area contributed by atoms with Crippen LogP contribution in [-0.4, -0.2) is 54.2 Å². The number of ether oxygens (including phenoxy) is 1. The summed E-state index contributed by atoms with van der Waals surface area (Å²) in [6, 6.07) is 19.6. The highest BCUT2D eigenvalue weighted by Crippen LogP contribution is 2.30. The molecule has 1 saturated heterocycles. The van der Waals surface area contributed by atoms with Crippen LogP contribution in [0, 0.1) is 0 Å². The maximum absolute atomic E-state index is 11.5. The van der Waals surface area contributed by atoms with Crippen molar-refractivity contribution in [3.05, 3.63) is 76.0 Å². The number of aromatic amines is 1. The fourth-order valence-corrected chi connectivity index (χ4v) is 4.59. The number of nitrogens with zero attached hydrogens (tertiary/aromatic N) is 3. The van der Waals surface area contributed by atoms with Gasteiger partial charge in [-0.15, -0.1) is 0 Å². The molecular weight excluding hydrogens is 436 g/mol. The number of halogens is 1. The molecule has 1 N–H and O–H groups in total. The molecule has 3 heterocycles. The Hall–Kier alpha value is -3.09. The molecule has 5 rings (SSSR count). The van der Waals surface area contributed by atoms with Crippen LogP contribution in [0.4, 0.5) is 5.69 Å². The standard InChI is InChI=1S/C26H27ClN4O2/c27-21-9-6-19-4-3-5-23(22(19)18-21)31-15-13-30(14-16-31)12-1-2-17-33-25-11-8-20-7-10-24(32)28-26(20)29-25/h3-11,18H,1-2,12-17H2,(H,28,29,32). The molecule has 33 heavy (non-hydrogen) atoms. The zero-order chi connectivity index (χ0) is 22.6. The van der Waals surface area contributed by atoms with Gasteiger partial charge in [-0.05, 0) is 55.1 Å². The van der Waals surface area contributed by atoms with Crippen LogP contribution in [0.25, 0.3) is 21.8 Å². The Labute approximate surface area is 197 Å². The van der Waals surface area contributed by atoms with Gasteiger partial charge in [-0.3, -0.25) is 9.69 Å².